The van der Waals surface area contributed by atoms with E-state index in [2.05, 4.69) is 15.1 Å². The van der Waals surface area contributed by atoms with Gasteiger partial charge in [0.2, 0.25) is 0 Å². The molecule has 0 N–H and O–H groups in total. The molecule has 1 saturated heterocycles. The van der Waals surface area contributed by atoms with Crippen molar-refractivity contribution in [1.82, 2.24) is 24.6 Å². The van der Waals surface area contributed by atoms with Crippen LogP contribution in [0, 0.1) is 25.2 Å². The lowest BCUT2D eigenvalue weighted by Crippen LogP contribution is -2.41. The number of aryl methyl sites for hydroxylation is 2. The van der Waals surface area contributed by atoms with Gasteiger partial charge in [-0.25, -0.2) is 14.6 Å². The van der Waals surface area contributed by atoms with Gasteiger partial charge in [-0.15, -0.1) is 0 Å². The molecule has 3 heterocycles. The monoisotopic (exact) mass is 310 g/mol. The molecule has 0 bridgehead atoms. The number of rotatable bonds is 2. The van der Waals surface area contributed by atoms with Crippen LogP contribution >= 0.6 is 0 Å². The topological polar surface area (TPSA) is 87.7 Å². The molecular formula is C16H18N6O. The first kappa shape index (κ1) is 15.2. The summed E-state index contributed by atoms with van der Waals surface area (Å²) in [4.78, 5) is 22.8. The van der Waals surface area contributed by atoms with Crippen molar-refractivity contribution in [2.24, 2.45) is 0 Å². The number of amides is 1. The predicted molar refractivity (Wildman–Crippen MR) is 82.6 cm³/mol. The summed E-state index contributed by atoms with van der Waals surface area (Å²) in [6.07, 6.45) is 3.33. The minimum Gasteiger partial charge on any atom is -0.335 e. The Morgan fingerprint density at radius 3 is 2.83 bits per heavy atom. The van der Waals surface area contributed by atoms with E-state index in [4.69, 9.17) is 5.26 Å². The number of hydrogen-bond donors (Lipinski definition) is 0. The number of pyridine rings is 1. The van der Waals surface area contributed by atoms with Gasteiger partial charge in [-0.05, 0) is 38.8 Å². The lowest BCUT2D eigenvalue weighted by atomic mass is 10.1. The molecule has 0 spiro atoms. The maximum absolute atomic E-state index is 12.6. The lowest BCUT2D eigenvalue weighted by Gasteiger charge is -2.32. The zero-order valence-corrected chi connectivity index (χ0v) is 13.2. The molecule has 1 atom stereocenters. The molecule has 0 saturated carbocycles. The standard InChI is InChI=1S/C16H18N6O/c1-11-19-12(2)22(20-11)14-4-3-7-21(10-14)16(23)15-6-5-13(8-17)9-18-15/h5-6,9,14H,3-4,7,10H2,1-2H3/t14-/m1/s1. The van der Waals surface area contributed by atoms with Crippen LogP contribution in [0.15, 0.2) is 18.3 Å². The second-order valence-corrected chi connectivity index (χ2v) is 5.74. The predicted octanol–water partition coefficient (Wildman–Crippen LogP) is 1.64. The van der Waals surface area contributed by atoms with Crippen molar-refractivity contribution in [3.8, 4) is 6.07 Å². The quantitative estimate of drug-likeness (QED) is 0.841. The molecule has 0 aromatic carbocycles. The van der Waals surface area contributed by atoms with Gasteiger partial charge in [-0.3, -0.25) is 4.79 Å². The highest BCUT2D eigenvalue weighted by Gasteiger charge is 2.27. The Balaban J connectivity index is 1.76. The molecule has 3 rings (SSSR count). The lowest BCUT2D eigenvalue weighted by molar-refractivity contribution is 0.0665. The third kappa shape index (κ3) is 3.06. The van der Waals surface area contributed by atoms with E-state index in [9.17, 15) is 4.79 Å². The van der Waals surface area contributed by atoms with Gasteiger partial charge in [-0.2, -0.15) is 10.4 Å². The Bertz CT molecular complexity index is 758. The van der Waals surface area contributed by atoms with Gasteiger partial charge in [0.25, 0.3) is 5.91 Å². The van der Waals surface area contributed by atoms with Crippen LogP contribution in [0.4, 0.5) is 0 Å². The molecule has 23 heavy (non-hydrogen) atoms. The van der Waals surface area contributed by atoms with Crippen LogP contribution in [-0.4, -0.2) is 43.6 Å². The molecule has 7 nitrogen and oxygen atoms in total. The summed E-state index contributed by atoms with van der Waals surface area (Å²) in [5.41, 5.74) is 0.822. The van der Waals surface area contributed by atoms with Gasteiger partial charge in [0.15, 0.2) is 0 Å². The summed E-state index contributed by atoms with van der Waals surface area (Å²) in [6, 6.07) is 5.37. The van der Waals surface area contributed by atoms with Crippen LogP contribution < -0.4 is 0 Å². The number of likely N-dealkylation sites (tertiary alicyclic amines) is 1. The van der Waals surface area contributed by atoms with Crippen LogP contribution in [-0.2, 0) is 0 Å². The first-order valence-electron chi connectivity index (χ1n) is 7.63. The Morgan fingerprint density at radius 1 is 1.39 bits per heavy atom. The molecule has 1 aliphatic heterocycles. The fourth-order valence-electron chi connectivity index (χ4n) is 2.97. The molecule has 1 fully saturated rings. The van der Waals surface area contributed by atoms with Crippen molar-refractivity contribution < 1.29 is 4.79 Å². The van der Waals surface area contributed by atoms with Crippen LogP contribution in [0.25, 0.3) is 0 Å². The molecule has 0 radical (unpaired) electrons. The van der Waals surface area contributed by atoms with Crippen LogP contribution in [0.3, 0.4) is 0 Å². The highest BCUT2D eigenvalue weighted by Crippen LogP contribution is 2.23. The van der Waals surface area contributed by atoms with Crippen molar-refractivity contribution in [3.63, 3.8) is 0 Å². The van der Waals surface area contributed by atoms with E-state index in [1.54, 1.807) is 17.0 Å². The molecule has 0 unspecified atom stereocenters. The zero-order chi connectivity index (χ0) is 16.4. The number of hydrogen-bond acceptors (Lipinski definition) is 5. The van der Waals surface area contributed by atoms with Crippen LogP contribution in [0.2, 0.25) is 0 Å². The summed E-state index contributed by atoms with van der Waals surface area (Å²) in [7, 11) is 0. The van der Waals surface area contributed by atoms with E-state index in [0.717, 1.165) is 24.5 Å². The van der Waals surface area contributed by atoms with E-state index in [-0.39, 0.29) is 11.9 Å². The molecule has 118 valence electrons. The third-order valence-electron chi connectivity index (χ3n) is 4.05. The molecule has 2 aromatic heterocycles. The number of nitriles is 1. The smallest absolute Gasteiger partial charge is 0.272 e. The summed E-state index contributed by atoms with van der Waals surface area (Å²) in [6.45, 7) is 5.12. The van der Waals surface area contributed by atoms with Crippen molar-refractivity contribution >= 4 is 5.91 Å². The second-order valence-electron chi connectivity index (χ2n) is 5.74. The summed E-state index contributed by atoms with van der Waals surface area (Å²) in [5, 5.41) is 13.2. The van der Waals surface area contributed by atoms with Gasteiger partial charge >= 0.3 is 0 Å². The largest absolute Gasteiger partial charge is 0.335 e. The van der Waals surface area contributed by atoms with Crippen LogP contribution in [0.1, 0.15) is 46.6 Å². The number of nitrogens with zero attached hydrogens (tertiary/aromatic N) is 6. The average molecular weight is 310 g/mol. The first-order valence-corrected chi connectivity index (χ1v) is 7.63. The first-order chi connectivity index (χ1) is 11.1. The Morgan fingerprint density at radius 2 is 2.22 bits per heavy atom. The molecule has 1 aliphatic rings. The highest BCUT2D eigenvalue weighted by atomic mass is 16.2. The summed E-state index contributed by atoms with van der Waals surface area (Å²) >= 11 is 0. The number of carbonyl (C=O) groups excluding carboxylic acids is 1. The summed E-state index contributed by atoms with van der Waals surface area (Å²) < 4.78 is 1.92. The molecular weight excluding hydrogens is 292 g/mol. The van der Waals surface area contributed by atoms with Gasteiger partial charge in [0, 0.05) is 19.3 Å². The van der Waals surface area contributed by atoms with E-state index in [1.807, 2.05) is 24.6 Å². The SMILES string of the molecule is Cc1nc(C)n([C@@H]2CCCN(C(=O)c3ccc(C#N)cn3)C2)n1. The summed E-state index contributed by atoms with van der Waals surface area (Å²) in [5.74, 6) is 1.52. The fraction of sp³-hybridized carbons (Fsp3) is 0.438. The van der Waals surface area contributed by atoms with Crippen molar-refractivity contribution in [1.29, 1.82) is 5.26 Å². The van der Waals surface area contributed by atoms with Gasteiger partial charge in [0.1, 0.15) is 23.4 Å². The van der Waals surface area contributed by atoms with Crippen molar-refractivity contribution in [3.05, 3.63) is 41.2 Å². The number of carbonyl (C=O) groups is 1. The second kappa shape index (κ2) is 6.16. The highest BCUT2D eigenvalue weighted by molar-refractivity contribution is 5.92. The Kier molecular flexibility index (Phi) is 4.06. The molecule has 0 aliphatic carbocycles. The van der Waals surface area contributed by atoms with E-state index < -0.39 is 0 Å². The van der Waals surface area contributed by atoms with E-state index in [0.29, 0.717) is 24.3 Å². The van der Waals surface area contributed by atoms with E-state index >= 15 is 0 Å². The molecule has 7 heteroatoms. The van der Waals surface area contributed by atoms with Gasteiger partial charge < -0.3 is 4.90 Å². The third-order valence-corrected chi connectivity index (χ3v) is 4.05. The number of aromatic nitrogens is 4. The Labute approximate surface area is 134 Å². The van der Waals surface area contributed by atoms with Gasteiger partial charge in [-0.1, -0.05) is 0 Å². The van der Waals surface area contributed by atoms with Gasteiger partial charge in [0.05, 0.1) is 11.6 Å². The number of piperidine rings is 1. The van der Waals surface area contributed by atoms with E-state index in [1.165, 1.54) is 6.20 Å². The maximum Gasteiger partial charge on any atom is 0.272 e. The van der Waals surface area contributed by atoms with Crippen LogP contribution in [0.5, 0.6) is 0 Å². The molecule has 1 amide bonds. The normalized spacial score (nSPS) is 17.8. The zero-order valence-electron chi connectivity index (χ0n) is 13.2. The minimum atomic E-state index is -0.103. The van der Waals surface area contributed by atoms with Crippen molar-refractivity contribution in [2.75, 3.05) is 13.1 Å². The minimum absolute atomic E-state index is 0.103. The Hall–Kier alpha value is -2.75. The average Bonchev–Trinajstić information content (AvgIpc) is 2.93. The van der Waals surface area contributed by atoms with Crippen molar-refractivity contribution in [2.45, 2.75) is 32.7 Å². The molecule has 2 aromatic rings. The maximum atomic E-state index is 12.6. The fourth-order valence-corrected chi connectivity index (χ4v) is 2.97.